The van der Waals surface area contributed by atoms with Crippen LogP contribution in [0.1, 0.15) is 26.5 Å². The fourth-order valence-corrected chi connectivity index (χ4v) is 3.09. The molecule has 0 saturated carbocycles. The van der Waals surface area contributed by atoms with E-state index in [2.05, 4.69) is 34.8 Å². The van der Waals surface area contributed by atoms with Gasteiger partial charge in [0.25, 0.3) is 0 Å². The lowest BCUT2D eigenvalue weighted by Crippen LogP contribution is -2.37. The van der Waals surface area contributed by atoms with Gasteiger partial charge in [-0.05, 0) is 48.3 Å². The summed E-state index contributed by atoms with van der Waals surface area (Å²) in [6.45, 7) is 5.16. The second-order valence-corrected chi connectivity index (χ2v) is 8.00. The van der Waals surface area contributed by atoms with Crippen LogP contribution in [0, 0.1) is 5.82 Å². The van der Waals surface area contributed by atoms with Gasteiger partial charge in [-0.25, -0.2) is 13.7 Å². The first kappa shape index (κ1) is 18.9. The van der Waals surface area contributed by atoms with Crippen molar-refractivity contribution in [2.75, 3.05) is 4.90 Å². The summed E-state index contributed by atoms with van der Waals surface area (Å²) in [4.78, 5) is 18.0. The number of nitrogens with zero attached hydrogens (tertiary/aromatic N) is 6. The van der Waals surface area contributed by atoms with Crippen LogP contribution in [0.4, 0.5) is 15.0 Å². The smallest absolute Gasteiger partial charge is 0.416 e. The Kier molecular flexibility index (Phi) is 5.13. The first-order chi connectivity index (χ1) is 12.2. The van der Waals surface area contributed by atoms with Crippen LogP contribution in [0.2, 0.25) is 5.28 Å². The number of amides is 1. The van der Waals surface area contributed by atoms with Crippen molar-refractivity contribution in [3.8, 4) is 0 Å². The van der Waals surface area contributed by atoms with Gasteiger partial charge in [-0.1, -0.05) is 0 Å². The molecule has 0 radical (unpaired) electrons. The molecule has 1 amide bonds. The van der Waals surface area contributed by atoms with Crippen LogP contribution in [0.15, 0.2) is 16.9 Å². The molecule has 0 fully saturated rings. The highest BCUT2D eigenvalue weighted by molar-refractivity contribution is 9.10. The van der Waals surface area contributed by atoms with E-state index in [-0.39, 0.29) is 27.6 Å². The lowest BCUT2D eigenvalue weighted by atomic mass is 10.2. The largest absolute Gasteiger partial charge is 0.443 e. The van der Waals surface area contributed by atoms with Crippen molar-refractivity contribution in [3.63, 3.8) is 0 Å². The maximum absolute atomic E-state index is 14.6. The van der Waals surface area contributed by atoms with Crippen molar-refractivity contribution >= 4 is 56.7 Å². The Balaban J connectivity index is 2.15. The lowest BCUT2D eigenvalue weighted by Gasteiger charge is -2.26. The van der Waals surface area contributed by atoms with Crippen molar-refractivity contribution in [1.29, 1.82) is 0 Å². The molecule has 12 heteroatoms. The van der Waals surface area contributed by atoms with Gasteiger partial charge in [0, 0.05) is 6.20 Å². The van der Waals surface area contributed by atoms with Gasteiger partial charge in [-0.3, -0.25) is 4.90 Å². The molecular weight excluding hydrogens is 451 g/mol. The molecule has 3 heterocycles. The first-order valence-corrected chi connectivity index (χ1v) is 9.22. The molecule has 0 aliphatic carbocycles. The van der Waals surface area contributed by atoms with Crippen LogP contribution >= 0.6 is 39.3 Å². The molecule has 0 saturated heterocycles. The van der Waals surface area contributed by atoms with Gasteiger partial charge in [-0.2, -0.15) is 13.7 Å². The van der Waals surface area contributed by atoms with E-state index in [1.165, 1.54) is 16.9 Å². The van der Waals surface area contributed by atoms with E-state index in [0.29, 0.717) is 5.69 Å². The lowest BCUT2D eigenvalue weighted by molar-refractivity contribution is 0.0576. The predicted molar refractivity (Wildman–Crippen MR) is 98.0 cm³/mol. The van der Waals surface area contributed by atoms with E-state index >= 15 is 0 Å². The molecule has 0 bridgehead atoms. The van der Waals surface area contributed by atoms with Gasteiger partial charge in [0.1, 0.15) is 11.1 Å². The molecule has 3 aromatic heterocycles. The monoisotopic (exact) mass is 462 g/mol. The number of hydrogen-bond acceptors (Lipinski definition) is 7. The third kappa shape index (κ3) is 3.94. The Morgan fingerprint density at radius 2 is 2.23 bits per heavy atom. The molecule has 3 rings (SSSR count). The van der Waals surface area contributed by atoms with Crippen LogP contribution in [-0.4, -0.2) is 35.0 Å². The van der Waals surface area contributed by atoms with Crippen molar-refractivity contribution in [2.45, 2.75) is 32.9 Å². The molecule has 3 aromatic rings. The number of carbonyl (C=O) groups is 1. The van der Waals surface area contributed by atoms with Crippen molar-refractivity contribution < 1.29 is 13.9 Å². The minimum atomic E-state index is -0.760. The summed E-state index contributed by atoms with van der Waals surface area (Å²) in [5.41, 5.74) is -0.278. The van der Waals surface area contributed by atoms with Gasteiger partial charge in [0.05, 0.1) is 34.6 Å². The second kappa shape index (κ2) is 7.05. The number of carbonyl (C=O) groups excluding carboxylic acids is 1. The Hall–Kier alpha value is -1.85. The van der Waals surface area contributed by atoms with E-state index in [9.17, 15) is 9.18 Å². The molecule has 0 N–H and O–H groups in total. The normalized spacial score (nSPS) is 11.8. The number of fused-ring (bicyclic) bond motifs is 1. The highest BCUT2D eigenvalue weighted by Gasteiger charge is 2.29. The SMILES string of the molecule is CC(C)(C)OC(=O)N(Cc1cnsn1)c1nc(Cl)nn2cc(Br)c(F)c12. The summed E-state index contributed by atoms with van der Waals surface area (Å²) in [6, 6.07) is 0. The Labute approximate surface area is 165 Å². The summed E-state index contributed by atoms with van der Waals surface area (Å²) in [5, 5.41) is 3.77. The molecule has 0 spiro atoms. The quantitative estimate of drug-likeness (QED) is 0.582. The minimum Gasteiger partial charge on any atom is -0.443 e. The Morgan fingerprint density at radius 1 is 1.50 bits per heavy atom. The summed E-state index contributed by atoms with van der Waals surface area (Å²) in [6.07, 6.45) is 2.17. The zero-order chi connectivity index (χ0) is 19.1. The zero-order valence-corrected chi connectivity index (χ0v) is 17.1. The highest BCUT2D eigenvalue weighted by Crippen LogP contribution is 2.30. The summed E-state index contributed by atoms with van der Waals surface area (Å²) < 4.78 is 29.4. The van der Waals surface area contributed by atoms with E-state index < -0.39 is 17.5 Å². The number of ether oxygens (including phenoxy) is 1. The maximum atomic E-state index is 14.6. The van der Waals surface area contributed by atoms with Gasteiger partial charge in [0.2, 0.25) is 5.28 Å². The molecule has 0 aliphatic heterocycles. The molecular formula is C14H13BrClFN6O2S. The van der Waals surface area contributed by atoms with Crippen molar-refractivity contribution in [2.24, 2.45) is 0 Å². The number of rotatable bonds is 3. The summed E-state index contributed by atoms with van der Waals surface area (Å²) >= 11 is 10.1. The van der Waals surface area contributed by atoms with Crippen LogP contribution in [0.5, 0.6) is 0 Å². The number of hydrogen-bond donors (Lipinski definition) is 0. The van der Waals surface area contributed by atoms with Crippen LogP contribution in [0.3, 0.4) is 0 Å². The van der Waals surface area contributed by atoms with Gasteiger partial charge in [-0.15, -0.1) is 5.10 Å². The predicted octanol–water partition coefficient (Wildman–Crippen LogP) is 4.08. The number of aromatic nitrogens is 5. The standard InChI is InChI=1S/C14H13BrClFN6O2S/c1-14(2,3)25-13(24)22(5-7-4-18-26-21-7)11-10-9(17)8(15)6-23(10)20-12(16)19-11/h4,6H,5H2,1-3H3. The average molecular weight is 464 g/mol. The van der Waals surface area contributed by atoms with E-state index in [1.54, 1.807) is 20.8 Å². The highest BCUT2D eigenvalue weighted by atomic mass is 79.9. The summed E-state index contributed by atoms with van der Waals surface area (Å²) in [7, 11) is 0. The van der Waals surface area contributed by atoms with Crippen molar-refractivity contribution in [3.05, 3.63) is 33.7 Å². The van der Waals surface area contributed by atoms with Crippen LogP contribution < -0.4 is 4.90 Å². The number of anilines is 1. The molecule has 26 heavy (non-hydrogen) atoms. The maximum Gasteiger partial charge on any atom is 0.416 e. The minimum absolute atomic E-state index is 0.0172. The fraction of sp³-hybridized carbons (Fsp3) is 0.357. The average Bonchev–Trinajstić information content (AvgIpc) is 3.11. The van der Waals surface area contributed by atoms with Gasteiger partial charge in [0.15, 0.2) is 11.6 Å². The third-order valence-electron chi connectivity index (χ3n) is 3.08. The first-order valence-electron chi connectivity index (χ1n) is 7.32. The molecule has 8 nitrogen and oxygen atoms in total. The second-order valence-electron chi connectivity index (χ2n) is 6.25. The summed E-state index contributed by atoms with van der Waals surface area (Å²) in [5.74, 6) is -0.655. The third-order valence-corrected chi connectivity index (χ3v) is 4.31. The Bertz CT molecular complexity index is 959. The molecule has 0 aliphatic rings. The Morgan fingerprint density at radius 3 is 2.85 bits per heavy atom. The van der Waals surface area contributed by atoms with E-state index in [4.69, 9.17) is 16.3 Å². The van der Waals surface area contributed by atoms with Gasteiger partial charge >= 0.3 is 6.09 Å². The molecule has 0 atom stereocenters. The topological polar surface area (TPSA) is 85.5 Å². The molecule has 0 unspecified atom stereocenters. The van der Waals surface area contributed by atoms with E-state index in [0.717, 1.165) is 16.6 Å². The fourth-order valence-electron chi connectivity index (χ4n) is 2.12. The molecule has 138 valence electrons. The zero-order valence-electron chi connectivity index (χ0n) is 13.9. The van der Waals surface area contributed by atoms with Crippen LogP contribution in [0.25, 0.3) is 5.52 Å². The van der Waals surface area contributed by atoms with Crippen molar-refractivity contribution in [1.82, 2.24) is 23.3 Å². The number of halogens is 3. The molecule has 0 aromatic carbocycles. The van der Waals surface area contributed by atoms with E-state index in [1.807, 2.05) is 0 Å². The van der Waals surface area contributed by atoms with Gasteiger partial charge < -0.3 is 4.74 Å². The van der Waals surface area contributed by atoms with Crippen LogP contribution in [-0.2, 0) is 11.3 Å².